The van der Waals surface area contributed by atoms with Crippen LogP contribution in [0.1, 0.15) is 74.5 Å². The molecule has 6 N–H and O–H groups in total. The summed E-state index contributed by atoms with van der Waals surface area (Å²) in [6, 6.07) is 16.6. The molecule has 2 fully saturated rings. The molecule has 1 amide bonds. The third kappa shape index (κ3) is 8.26. The maximum Gasteiger partial charge on any atom is 0.251 e. The van der Waals surface area contributed by atoms with E-state index in [4.69, 9.17) is 21.4 Å². The van der Waals surface area contributed by atoms with Gasteiger partial charge in [0.2, 0.25) is 0 Å². The smallest absolute Gasteiger partial charge is 0.251 e. The Labute approximate surface area is 275 Å². The number of amides is 1. The Kier molecular flexibility index (Phi) is 11.4. The van der Waals surface area contributed by atoms with Crippen LogP contribution in [0.3, 0.4) is 0 Å². The van der Waals surface area contributed by atoms with Gasteiger partial charge in [0.05, 0.1) is 12.7 Å². The maximum atomic E-state index is 12.2. The molecule has 3 aromatic rings. The predicted molar refractivity (Wildman–Crippen MR) is 176 cm³/mol. The van der Waals surface area contributed by atoms with Gasteiger partial charge < -0.3 is 35.6 Å². The fraction of sp³-hybridized carbons (Fsp3) is 0.500. The Morgan fingerprint density at radius 1 is 1.07 bits per heavy atom. The van der Waals surface area contributed by atoms with Crippen molar-refractivity contribution in [1.82, 2.24) is 10.3 Å². The zero-order valence-electron chi connectivity index (χ0n) is 26.2. The summed E-state index contributed by atoms with van der Waals surface area (Å²) >= 11 is 6.70. The number of aryl methyl sites for hydroxylation is 1. The quantitative estimate of drug-likeness (QED) is 0.120. The number of hydrogen-bond donors (Lipinski definition) is 6. The van der Waals surface area contributed by atoms with E-state index in [9.17, 15) is 25.2 Å². The molecular weight excluding hydrogens is 608 g/mol. The van der Waals surface area contributed by atoms with Gasteiger partial charge in [0.1, 0.15) is 24.1 Å². The number of carbonyl (C=O) groups is 1. The number of para-hydroxylation sites is 1. The number of benzene rings is 2. The highest BCUT2D eigenvalue weighted by molar-refractivity contribution is 6.31. The van der Waals surface area contributed by atoms with E-state index in [1.54, 1.807) is 0 Å². The molecule has 1 aromatic heterocycles. The van der Waals surface area contributed by atoms with Crippen LogP contribution in [0.25, 0.3) is 11.1 Å². The van der Waals surface area contributed by atoms with Crippen LogP contribution in [-0.2, 0) is 16.6 Å². The summed E-state index contributed by atoms with van der Waals surface area (Å²) in [6.07, 6.45) is 4.41. The number of carbonyl (C=O) groups excluding carboxylic acids is 1. The van der Waals surface area contributed by atoms with Gasteiger partial charge >= 0.3 is 0 Å². The first-order valence-corrected chi connectivity index (χ1v) is 16.6. The van der Waals surface area contributed by atoms with E-state index in [-0.39, 0.29) is 17.9 Å². The number of hydrogen-bond acceptors (Lipinski definition) is 8. The summed E-state index contributed by atoms with van der Waals surface area (Å²) in [5.74, 6) is 0.263. The highest BCUT2D eigenvalue weighted by Crippen LogP contribution is 2.55. The van der Waals surface area contributed by atoms with E-state index in [2.05, 4.69) is 47.6 Å². The molecule has 2 aliphatic rings. The normalized spacial score (nSPS) is 18.7. The molecule has 0 aliphatic heterocycles. The lowest BCUT2D eigenvalue weighted by atomic mass is 9.84. The number of aliphatic hydroxyl groups excluding tert-OH is 5. The molecule has 1 unspecified atom stereocenters. The zero-order chi connectivity index (χ0) is 32.8. The first-order chi connectivity index (χ1) is 22.1. The van der Waals surface area contributed by atoms with Gasteiger partial charge in [-0.2, -0.15) is 0 Å². The number of pyridine rings is 1. The van der Waals surface area contributed by atoms with Crippen molar-refractivity contribution in [2.45, 2.75) is 100 Å². The first-order valence-electron chi connectivity index (χ1n) is 16.2. The zero-order valence-corrected chi connectivity index (χ0v) is 26.9. The average Bonchev–Trinajstić information content (AvgIpc) is 4.02. The molecule has 46 heavy (non-hydrogen) atoms. The molecule has 2 aliphatic carbocycles. The summed E-state index contributed by atoms with van der Waals surface area (Å²) in [4.78, 5) is 16.7. The number of nitrogens with zero attached hydrogens (tertiary/aromatic N) is 1. The van der Waals surface area contributed by atoms with Crippen LogP contribution in [0.5, 0.6) is 5.75 Å². The first kappa shape index (κ1) is 34.3. The van der Waals surface area contributed by atoms with Crippen LogP contribution in [-0.4, -0.2) is 80.1 Å². The third-order valence-corrected chi connectivity index (χ3v) is 9.76. The molecule has 2 saturated carbocycles. The summed E-state index contributed by atoms with van der Waals surface area (Å²) in [5.41, 5.74) is 5.87. The lowest BCUT2D eigenvalue weighted by molar-refractivity contribution is -0.148. The van der Waals surface area contributed by atoms with E-state index in [0.717, 1.165) is 72.4 Å². The SMILES string of the molecule is CC(CCCNC(=O)[C@@H](O)[C@@H](O)[C@H](O)[C@@H](O)CO)c1ccc(Cl)c(CCC2(c3cnccc3-c3ccccc3OC3CC3)CC2)c1. The minimum atomic E-state index is -1.93. The van der Waals surface area contributed by atoms with Gasteiger partial charge in [0.15, 0.2) is 6.10 Å². The fourth-order valence-electron chi connectivity index (χ4n) is 6.05. The van der Waals surface area contributed by atoms with Crippen LogP contribution in [0.4, 0.5) is 0 Å². The molecule has 5 atom stereocenters. The van der Waals surface area contributed by atoms with Crippen LogP contribution >= 0.6 is 11.6 Å². The van der Waals surface area contributed by atoms with E-state index in [1.165, 1.54) is 11.1 Å². The molecule has 0 bridgehead atoms. The van der Waals surface area contributed by atoms with Gasteiger partial charge in [-0.3, -0.25) is 9.78 Å². The number of rotatable bonds is 17. The van der Waals surface area contributed by atoms with Gasteiger partial charge in [0.25, 0.3) is 5.91 Å². The molecule has 5 rings (SSSR count). The highest BCUT2D eigenvalue weighted by atomic mass is 35.5. The Morgan fingerprint density at radius 2 is 1.83 bits per heavy atom. The Hall–Kier alpha value is -3.05. The maximum absolute atomic E-state index is 12.2. The number of aliphatic hydroxyl groups is 5. The van der Waals surface area contributed by atoms with E-state index in [1.807, 2.05) is 30.6 Å². The van der Waals surface area contributed by atoms with Crippen LogP contribution in [0, 0.1) is 0 Å². The van der Waals surface area contributed by atoms with Gasteiger partial charge in [-0.25, -0.2) is 0 Å². The molecule has 0 spiro atoms. The number of ether oxygens (including phenoxy) is 1. The van der Waals surface area contributed by atoms with E-state index in [0.29, 0.717) is 12.5 Å². The fourth-order valence-corrected chi connectivity index (χ4v) is 6.26. The summed E-state index contributed by atoms with van der Waals surface area (Å²) in [6.45, 7) is 1.57. The Bertz CT molecular complexity index is 1480. The largest absolute Gasteiger partial charge is 0.490 e. The van der Waals surface area contributed by atoms with Gasteiger partial charge in [-0.1, -0.05) is 48.9 Å². The monoisotopic (exact) mass is 652 g/mol. The minimum absolute atomic E-state index is 0.0454. The average molecular weight is 653 g/mol. The van der Waals surface area contributed by atoms with Crippen molar-refractivity contribution in [3.63, 3.8) is 0 Å². The summed E-state index contributed by atoms with van der Waals surface area (Å²) < 4.78 is 6.26. The second-order valence-electron chi connectivity index (χ2n) is 12.9. The van der Waals surface area contributed by atoms with Crippen molar-refractivity contribution in [2.24, 2.45) is 0 Å². The van der Waals surface area contributed by atoms with Crippen molar-refractivity contribution in [3.05, 3.63) is 82.6 Å². The van der Waals surface area contributed by atoms with Crippen LogP contribution < -0.4 is 10.1 Å². The van der Waals surface area contributed by atoms with Crippen molar-refractivity contribution in [2.75, 3.05) is 13.2 Å². The number of nitrogens with one attached hydrogen (secondary N) is 1. The summed E-state index contributed by atoms with van der Waals surface area (Å²) in [5, 5.41) is 51.3. The molecule has 248 valence electrons. The molecule has 2 aromatic carbocycles. The predicted octanol–water partition coefficient (Wildman–Crippen LogP) is 4.04. The van der Waals surface area contributed by atoms with E-state index < -0.39 is 36.9 Å². The Balaban J connectivity index is 1.17. The molecule has 10 heteroatoms. The molecule has 0 saturated heterocycles. The van der Waals surface area contributed by atoms with Gasteiger partial charge in [-0.15, -0.1) is 0 Å². The van der Waals surface area contributed by atoms with Crippen molar-refractivity contribution >= 4 is 17.5 Å². The highest BCUT2D eigenvalue weighted by Gasteiger charge is 2.45. The Morgan fingerprint density at radius 3 is 2.54 bits per heavy atom. The van der Waals surface area contributed by atoms with Gasteiger partial charge in [-0.05, 0) is 103 Å². The molecule has 9 nitrogen and oxygen atoms in total. The van der Waals surface area contributed by atoms with Crippen LogP contribution in [0.2, 0.25) is 5.02 Å². The number of aromatic nitrogens is 1. The van der Waals surface area contributed by atoms with Gasteiger partial charge in [0, 0.05) is 29.5 Å². The third-order valence-electron chi connectivity index (χ3n) is 9.39. The van der Waals surface area contributed by atoms with Crippen LogP contribution in [0.15, 0.2) is 60.9 Å². The molecule has 1 heterocycles. The lowest BCUT2D eigenvalue weighted by Gasteiger charge is -2.25. The number of halogens is 1. The second-order valence-corrected chi connectivity index (χ2v) is 13.3. The molecule has 0 radical (unpaired) electrons. The van der Waals surface area contributed by atoms with Crippen molar-refractivity contribution in [1.29, 1.82) is 0 Å². The minimum Gasteiger partial charge on any atom is -0.490 e. The topological polar surface area (TPSA) is 152 Å². The lowest BCUT2D eigenvalue weighted by Crippen LogP contribution is -2.51. The standard InChI is InChI=1S/C36H45ClN2O7/c1-22(5-4-17-39-35(45)34(44)33(43)32(42)30(41)21-40)23-8-11-29(37)24(19-23)12-14-36(15-16-36)28-20-38-18-13-26(28)27-6-2-3-7-31(27)46-25-9-10-25/h2-3,6-8,11,13,18-20,22,25,30,32-34,40-44H,4-5,9-10,12,14-17,21H2,1H3,(H,39,45)/t22?,30-,32+,33-,34-/m0/s1. The van der Waals surface area contributed by atoms with E-state index >= 15 is 0 Å². The summed E-state index contributed by atoms with van der Waals surface area (Å²) in [7, 11) is 0. The van der Waals surface area contributed by atoms with Crippen molar-refractivity contribution < 1.29 is 35.1 Å². The molecular formula is C36H45ClN2O7. The second kappa shape index (κ2) is 15.2. The van der Waals surface area contributed by atoms with Crippen molar-refractivity contribution in [3.8, 4) is 16.9 Å².